The van der Waals surface area contributed by atoms with Crippen molar-refractivity contribution < 1.29 is 9.13 Å². The first-order valence-electron chi connectivity index (χ1n) is 13.1. The van der Waals surface area contributed by atoms with Crippen molar-refractivity contribution in [3.8, 4) is 5.75 Å². The molecule has 4 aromatic carbocycles. The zero-order valence-electron chi connectivity index (χ0n) is 22.2. The fourth-order valence-electron chi connectivity index (χ4n) is 4.41. The van der Waals surface area contributed by atoms with Crippen LogP contribution < -0.4 is 26.1 Å². The number of anilines is 6. The maximum atomic E-state index is 13.4. The van der Waals surface area contributed by atoms with Crippen LogP contribution in [0.25, 0.3) is 0 Å². The Labute approximate surface area is 236 Å². The normalized spacial score (nSPS) is 14.1. The van der Waals surface area contributed by atoms with Crippen LogP contribution in [-0.4, -0.2) is 27.8 Å². The summed E-state index contributed by atoms with van der Waals surface area (Å²) in [6, 6.07) is 31.6. The van der Waals surface area contributed by atoms with E-state index in [1.165, 1.54) is 12.1 Å². The molecular weight excluding hydrogens is 519 g/mol. The minimum atomic E-state index is -0.321. The summed E-state index contributed by atoms with van der Waals surface area (Å²) in [5, 5.41) is 14.2. The second-order valence-corrected chi connectivity index (χ2v) is 9.35. The first-order valence-corrected chi connectivity index (χ1v) is 13.1. The molecule has 4 N–H and O–H groups in total. The van der Waals surface area contributed by atoms with Crippen LogP contribution in [-0.2, 0) is 0 Å². The molecule has 0 fully saturated rings. The molecule has 1 atom stereocenters. The van der Waals surface area contributed by atoms with E-state index < -0.39 is 0 Å². The highest BCUT2D eigenvalue weighted by Gasteiger charge is 2.21. The van der Waals surface area contributed by atoms with Crippen molar-refractivity contribution in [3.63, 3.8) is 0 Å². The number of hydrogen-bond acceptors (Lipinski definition) is 9. The second-order valence-electron chi connectivity index (χ2n) is 9.35. The van der Waals surface area contributed by atoms with Gasteiger partial charge in [0.15, 0.2) is 0 Å². The number of ether oxygens (including phenoxy) is 1. The summed E-state index contributed by atoms with van der Waals surface area (Å²) in [4.78, 5) is 13.6. The maximum Gasteiger partial charge on any atom is 0.233 e. The summed E-state index contributed by atoms with van der Waals surface area (Å²) in [5.41, 5.74) is 8.65. The van der Waals surface area contributed by atoms with Gasteiger partial charge in [-0.15, -0.1) is 0 Å². The Kier molecular flexibility index (Phi) is 7.35. The van der Waals surface area contributed by atoms with E-state index in [1.54, 1.807) is 19.2 Å². The summed E-state index contributed by atoms with van der Waals surface area (Å²) in [5.74, 6) is 1.50. The van der Waals surface area contributed by atoms with E-state index in [2.05, 4.69) is 47.5 Å². The SMILES string of the molecule is COc1cccc(C2CC(c3ccc(Nc4nc(Nc5ccccc5)nc(Nc5ccc(F)cc5)n4)cc3)=NN2)c1. The largest absolute Gasteiger partial charge is 0.497 e. The van der Waals surface area contributed by atoms with Gasteiger partial charge in [0.2, 0.25) is 17.8 Å². The van der Waals surface area contributed by atoms with E-state index >= 15 is 0 Å². The summed E-state index contributed by atoms with van der Waals surface area (Å²) in [6.45, 7) is 0. The maximum absolute atomic E-state index is 13.4. The van der Waals surface area contributed by atoms with E-state index in [-0.39, 0.29) is 11.9 Å². The highest BCUT2D eigenvalue weighted by molar-refractivity contribution is 6.02. The molecule has 0 amide bonds. The lowest BCUT2D eigenvalue weighted by molar-refractivity contribution is 0.413. The standard InChI is InChI=1S/C31H27FN8O/c1-41-26-9-5-6-21(18-26)28-19-27(39-40-28)20-10-14-24(15-11-20)34-30-36-29(33-23-7-3-2-4-8-23)37-31(38-30)35-25-16-12-22(32)13-17-25/h2-18,28,40H,19H2,1H3,(H3,33,34,35,36,37,38). The van der Waals surface area contributed by atoms with E-state index in [4.69, 9.17) is 4.74 Å². The molecule has 9 nitrogen and oxygen atoms in total. The lowest BCUT2D eigenvalue weighted by Crippen LogP contribution is -2.10. The van der Waals surface area contributed by atoms with Crippen molar-refractivity contribution in [1.82, 2.24) is 20.4 Å². The average molecular weight is 547 g/mol. The Hall–Kier alpha value is -5.51. The Morgan fingerprint density at radius 1 is 0.707 bits per heavy atom. The van der Waals surface area contributed by atoms with Crippen LogP contribution in [0, 0.1) is 5.82 Å². The Bertz CT molecular complexity index is 1660. The lowest BCUT2D eigenvalue weighted by atomic mass is 9.99. The van der Waals surface area contributed by atoms with E-state index in [0.29, 0.717) is 23.5 Å². The number of hydrogen-bond donors (Lipinski definition) is 4. The first kappa shape index (κ1) is 25.8. The second kappa shape index (κ2) is 11.7. The molecule has 1 aliphatic rings. The zero-order valence-corrected chi connectivity index (χ0v) is 22.2. The molecule has 1 aromatic heterocycles. The van der Waals surface area contributed by atoms with Gasteiger partial charge in [0, 0.05) is 23.5 Å². The number of rotatable bonds is 9. The van der Waals surface area contributed by atoms with Gasteiger partial charge < -0.3 is 26.1 Å². The number of halogens is 1. The van der Waals surface area contributed by atoms with Crippen LogP contribution in [0.2, 0.25) is 0 Å². The fourth-order valence-corrected chi connectivity index (χ4v) is 4.41. The molecule has 0 bridgehead atoms. The highest BCUT2D eigenvalue weighted by atomic mass is 19.1. The summed E-state index contributed by atoms with van der Waals surface area (Å²) in [6.07, 6.45) is 0.764. The average Bonchev–Trinajstić information content (AvgIpc) is 3.50. The van der Waals surface area contributed by atoms with Gasteiger partial charge in [-0.3, -0.25) is 0 Å². The number of nitrogens with zero attached hydrogens (tertiary/aromatic N) is 4. The summed E-state index contributed by atoms with van der Waals surface area (Å²) in [7, 11) is 1.67. The smallest absolute Gasteiger partial charge is 0.233 e. The van der Waals surface area contributed by atoms with Gasteiger partial charge in [0.25, 0.3) is 0 Å². The fraction of sp³-hybridized carbons (Fsp3) is 0.0968. The molecule has 6 rings (SSSR count). The molecule has 10 heteroatoms. The monoisotopic (exact) mass is 546 g/mol. The van der Waals surface area contributed by atoms with Crippen LogP contribution in [0.1, 0.15) is 23.6 Å². The van der Waals surface area contributed by atoms with Crippen LogP contribution in [0.4, 0.5) is 39.3 Å². The van der Waals surface area contributed by atoms with Gasteiger partial charge in [-0.2, -0.15) is 20.1 Å². The highest BCUT2D eigenvalue weighted by Crippen LogP contribution is 2.28. The van der Waals surface area contributed by atoms with Crippen LogP contribution >= 0.6 is 0 Å². The Morgan fingerprint density at radius 3 is 1.90 bits per heavy atom. The Balaban J connectivity index is 1.18. The third-order valence-electron chi connectivity index (χ3n) is 6.49. The van der Waals surface area contributed by atoms with Crippen molar-refractivity contribution in [2.45, 2.75) is 12.5 Å². The number of nitrogens with one attached hydrogen (secondary N) is 4. The van der Waals surface area contributed by atoms with E-state index in [9.17, 15) is 4.39 Å². The van der Waals surface area contributed by atoms with Crippen molar-refractivity contribution in [1.29, 1.82) is 0 Å². The predicted molar refractivity (Wildman–Crippen MR) is 159 cm³/mol. The molecule has 204 valence electrons. The third kappa shape index (κ3) is 6.39. The molecule has 0 saturated heterocycles. The zero-order chi connectivity index (χ0) is 28.0. The number of benzene rings is 4. The minimum absolute atomic E-state index is 0.0886. The number of hydrazone groups is 1. The number of methoxy groups -OCH3 is 1. The van der Waals surface area contributed by atoms with Gasteiger partial charge in [-0.25, -0.2) is 4.39 Å². The van der Waals surface area contributed by atoms with Crippen molar-refractivity contribution in [2.24, 2.45) is 5.10 Å². The molecule has 2 heterocycles. The topological polar surface area (TPSA) is 108 Å². The van der Waals surface area contributed by atoms with E-state index in [1.807, 2.05) is 72.8 Å². The predicted octanol–water partition coefficient (Wildman–Crippen LogP) is 6.69. The molecule has 0 spiro atoms. The molecule has 1 aliphatic heterocycles. The quantitative estimate of drug-likeness (QED) is 0.162. The van der Waals surface area contributed by atoms with Crippen molar-refractivity contribution in [2.75, 3.05) is 23.1 Å². The van der Waals surface area contributed by atoms with Gasteiger partial charge in [-0.1, -0.05) is 42.5 Å². The van der Waals surface area contributed by atoms with Crippen molar-refractivity contribution >= 4 is 40.6 Å². The molecule has 5 aromatic rings. The molecule has 0 aliphatic carbocycles. The summed E-state index contributed by atoms with van der Waals surface area (Å²) >= 11 is 0. The number of aromatic nitrogens is 3. The third-order valence-corrected chi connectivity index (χ3v) is 6.49. The van der Waals surface area contributed by atoms with Crippen LogP contribution in [0.5, 0.6) is 5.75 Å². The van der Waals surface area contributed by atoms with E-state index in [0.717, 1.165) is 40.4 Å². The van der Waals surface area contributed by atoms with Gasteiger partial charge >= 0.3 is 0 Å². The lowest BCUT2D eigenvalue weighted by Gasteiger charge is -2.12. The summed E-state index contributed by atoms with van der Waals surface area (Å²) < 4.78 is 18.7. The number of para-hydroxylation sites is 1. The van der Waals surface area contributed by atoms with Crippen molar-refractivity contribution in [3.05, 3.63) is 120 Å². The molecular formula is C31H27FN8O. The van der Waals surface area contributed by atoms with Crippen LogP contribution in [0.3, 0.4) is 0 Å². The van der Waals surface area contributed by atoms with Gasteiger partial charge in [0.1, 0.15) is 11.6 Å². The molecule has 0 saturated carbocycles. The Morgan fingerprint density at radius 2 is 1.29 bits per heavy atom. The first-order chi connectivity index (χ1) is 20.1. The van der Waals surface area contributed by atoms with Gasteiger partial charge in [-0.05, 0) is 71.8 Å². The minimum Gasteiger partial charge on any atom is -0.497 e. The van der Waals surface area contributed by atoms with Crippen LogP contribution in [0.15, 0.2) is 108 Å². The molecule has 41 heavy (non-hydrogen) atoms. The molecule has 0 radical (unpaired) electrons. The molecule has 1 unspecified atom stereocenters. The van der Waals surface area contributed by atoms with Gasteiger partial charge in [0.05, 0.1) is 18.9 Å².